The van der Waals surface area contributed by atoms with Gasteiger partial charge in [-0.3, -0.25) is 0 Å². The van der Waals surface area contributed by atoms with Crippen LogP contribution in [0.2, 0.25) is 5.02 Å². The summed E-state index contributed by atoms with van der Waals surface area (Å²) in [5.41, 5.74) is 0.837. The van der Waals surface area contributed by atoms with E-state index in [1.54, 1.807) is 12.1 Å². The number of rotatable bonds is 3. The summed E-state index contributed by atoms with van der Waals surface area (Å²) in [4.78, 5) is 4.12. The Morgan fingerprint density at radius 1 is 1.37 bits per heavy atom. The number of hydrogen-bond acceptors (Lipinski definition) is 3. The first-order chi connectivity index (χ1) is 8.88. The van der Waals surface area contributed by atoms with Gasteiger partial charge in [-0.2, -0.15) is 0 Å². The third-order valence-electron chi connectivity index (χ3n) is 2.62. The van der Waals surface area contributed by atoms with Gasteiger partial charge in [-0.15, -0.1) is 0 Å². The topological polar surface area (TPSA) is 38.1 Å². The van der Waals surface area contributed by atoms with E-state index >= 15 is 0 Å². The minimum absolute atomic E-state index is 0.0603. The largest absolute Gasteiger partial charge is 0.443 e. The molecule has 0 atom stereocenters. The molecule has 0 fully saturated rings. The van der Waals surface area contributed by atoms with Gasteiger partial charge in [0.1, 0.15) is 11.5 Å². The first-order valence-electron chi connectivity index (χ1n) is 6.00. The van der Waals surface area contributed by atoms with Gasteiger partial charge in [-0.05, 0) is 32.9 Å². The highest BCUT2D eigenvalue weighted by molar-refractivity contribution is 6.33. The van der Waals surface area contributed by atoms with Crippen LogP contribution in [0.4, 0.5) is 4.39 Å². The predicted molar refractivity (Wildman–Crippen MR) is 73.5 cm³/mol. The van der Waals surface area contributed by atoms with Crippen LogP contribution in [0.25, 0.3) is 11.3 Å². The summed E-state index contributed by atoms with van der Waals surface area (Å²) in [5, 5.41) is 3.60. The van der Waals surface area contributed by atoms with Crippen molar-refractivity contribution in [2.24, 2.45) is 0 Å². The average Bonchev–Trinajstić information content (AvgIpc) is 2.73. The third-order valence-corrected chi connectivity index (χ3v) is 2.93. The molecule has 102 valence electrons. The molecule has 2 rings (SSSR count). The zero-order valence-electron chi connectivity index (χ0n) is 11.1. The van der Waals surface area contributed by atoms with Crippen LogP contribution in [0.3, 0.4) is 0 Å². The SMILES string of the molecule is CC(C)(C)NCc1ncoc1-c1c(F)cccc1Cl. The Kier molecular flexibility index (Phi) is 3.92. The van der Waals surface area contributed by atoms with E-state index in [1.807, 2.05) is 20.8 Å². The molecule has 5 heteroatoms. The summed E-state index contributed by atoms with van der Waals surface area (Å²) in [6.07, 6.45) is 1.30. The molecule has 0 saturated carbocycles. The van der Waals surface area contributed by atoms with E-state index in [9.17, 15) is 4.39 Å². The molecule has 1 heterocycles. The maximum Gasteiger partial charge on any atom is 0.181 e. The number of benzene rings is 1. The van der Waals surface area contributed by atoms with Crippen LogP contribution in [0.1, 0.15) is 26.5 Å². The highest BCUT2D eigenvalue weighted by Gasteiger charge is 2.19. The fourth-order valence-electron chi connectivity index (χ4n) is 1.66. The van der Waals surface area contributed by atoms with E-state index < -0.39 is 5.82 Å². The summed E-state index contributed by atoms with van der Waals surface area (Å²) < 4.78 is 19.2. The van der Waals surface area contributed by atoms with Crippen molar-refractivity contribution in [1.29, 1.82) is 0 Å². The molecule has 0 unspecified atom stereocenters. The lowest BCUT2D eigenvalue weighted by atomic mass is 10.1. The van der Waals surface area contributed by atoms with Crippen LogP contribution in [0.15, 0.2) is 29.0 Å². The molecule has 1 N–H and O–H groups in total. The van der Waals surface area contributed by atoms with Crippen LogP contribution in [0, 0.1) is 5.82 Å². The first-order valence-corrected chi connectivity index (χ1v) is 6.38. The molecule has 3 nitrogen and oxygen atoms in total. The minimum atomic E-state index is -0.416. The summed E-state index contributed by atoms with van der Waals surface area (Å²) in [6, 6.07) is 4.54. The fourth-order valence-corrected chi connectivity index (χ4v) is 1.91. The molecule has 0 aliphatic rings. The van der Waals surface area contributed by atoms with E-state index in [-0.39, 0.29) is 11.1 Å². The Bertz CT molecular complexity index is 555. The second-order valence-corrected chi connectivity index (χ2v) is 5.74. The predicted octanol–water partition coefficient (Wildman–Crippen LogP) is 4.02. The smallest absolute Gasteiger partial charge is 0.181 e. The quantitative estimate of drug-likeness (QED) is 0.924. The second kappa shape index (κ2) is 5.31. The number of aromatic nitrogens is 1. The van der Waals surface area contributed by atoms with E-state index in [2.05, 4.69) is 10.3 Å². The number of nitrogens with zero attached hydrogens (tertiary/aromatic N) is 1. The van der Waals surface area contributed by atoms with Gasteiger partial charge in [0, 0.05) is 12.1 Å². The monoisotopic (exact) mass is 282 g/mol. The van der Waals surface area contributed by atoms with Crippen molar-refractivity contribution in [2.45, 2.75) is 32.9 Å². The maximum atomic E-state index is 13.9. The van der Waals surface area contributed by atoms with Crippen molar-refractivity contribution >= 4 is 11.6 Å². The van der Waals surface area contributed by atoms with E-state index in [0.717, 1.165) is 0 Å². The van der Waals surface area contributed by atoms with Crippen LogP contribution in [-0.4, -0.2) is 10.5 Å². The van der Waals surface area contributed by atoms with Crippen molar-refractivity contribution in [3.8, 4) is 11.3 Å². The van der Waals surface area contributed by atoms with Crippen molar-refractivity contribution in [3.05, 3.63) is 41.1 Å². The van der Waals surface area contributed by atoms with Crippen LogP contribution in [-0.2, 0) is 6.54 Å². The Balaban J connectivity index is 2.34. The first kappa shape index (κ1) is 14.0. The van der Waals surface area contributed by atoms with Crippen molar-refractivity contribution in [2.75, 3.05) is 0 Å². The zero-order chi connectivity index (χ0) is 14.0. The van der Waals surface area contributed by atoms with Crippen LogP contribution < -0.4 is 5.32 Å². The Labute approximate surface area is 116 Å². The molecule has 1 aromatic heterocycles. The van der Waals surface area contributed by atoms with Gasteiger partial charge in [0.15, 0.2) is 12.2 Å². The fraction of sp³-hybridized carbons (Fsp3) is 0.357. The van der Waals surface area contributed by atoms with Crippen LogP contribution in [0.5, 0.6) is 0 Å². The molecule has 19 heavy (non-hydrogen) atoms. The molecule has 0 aliphatic carbocycles. The second-order valence-electron chi connectivity index (χ2n) is 5.33. The molecular weight excluding hydrogens is 267 g/mol. The standard InChI is InChI=1S/C14H16ClFN2O/c1-14(2,3)18-7-11-13(19-8-17-11)12-9(15)5-4-6-10(12)16/h4-6,8,18H,7H2,1-3H3. The zero-order valence-corrected chi connectivity index (χ0v) is 11.9. The maximum absolute atomic E-state index is 13.9. The van der Waals surface area contributed by atoms with Gasteiger partial charge in [0.25, 0.3) is 0 Å². The van der Waals surface area contributed by atoms with Crippen molar-refractivity contribution in [1.82, 2.24) is 10.3 Å². The Morgan fingerprint density at radius 2 is 2.11 bits per heavy atom. The molecule has 0 spiro atoms. The van der Waals surface area contributed by atoms with Crippen molar-refractivity contribution < 1.29 is 8.81 Å². The molecule has 0 amide bonds. The molecule has 2 aromatic rings. The highest BCUT2D eigenvalue weighted by atomic mass is 35.5. The van der Waals surface area contributed by atoms with E-state index in [4.69, 9.17) is 16.0 Å². The third kappa shape index (κ3) is 3.33. The number of nitrogens with one attached hydrogen (secondary N) is 1. The normalized spacial score (nSPS) is 11.8. The molecular formula is C14H16ClFN2O. The minimum Gasteiger partial charge on any atom is -0.443 e. The molecule has 0 aliphatic heterocycles. The van der Waals surface area contributed by atoms with Gasteiger partial charge >= 0.3 is 0 Å². The summed E-state index contributed by atoms with van der Waals surface area (Å²) in [7, 11) is 0. The number of halogens is 2. The summed E-state index contributed by atoms with van der Waals surface area (Å²) >= 11 is 6.03. The summed E-state index contributed by atoms with van der Waals surface area (Å²) in [5.74, 6) is -0.0406. The molecule has 0 saturated heterocycles. The van der Waals surface area contributed by atoms with Gasteiger partial charge < -0.3 is 9.73 Å². The lowest BCUT2D eigenvalue weighted by Crippen LogP contribution is -2.35. The number of oxazole rings is 1. The van der Waals surface area contributed by atoms with E-state index in [0.29, 0.717) is 23.0 Å². The van der Waals surface area contributed by atoms with Crippen molar-refractivity contribution in [3.63, 3.8) is 0 Å². The Morgan fingerprint density at radius 3 is 2.74 bits per heavy atom. The van der Waals surface area contributed by atoms with E-state index in [1.165, 1.54) is 12.5 Å². The Hall–Kier alpha value is -1.39. The van der Waals surface area contributed by atoms with Gasteiger partial charge in [-0.25, -0.2) is 9.37 Å². The summed E-state index contributed by atoms with van der Waals surface area (Å²) in [6.45, 7) is 6.62. The number of hydrogen-bond donors (Lipinski definition) is 1. The lowest BCUT2D eigenvalue weighted by Gasteiger charge is -2.19. The van der Waals surface area contributed by atoms with Crippen LogP contribution >= 0.6 is 11.6 Å². The van der Waals surface area contributed by atoms with Gasteiger partial charge in [-0.1, -0.05) is 17.7 Å². The van der Waals surface area contributed by atoms with Gasteiger partial charge in [0.2, 0.25) is 0 Å². The molecule has 1 aromatic carbocycles. The highest BCUT2D eigenvalue weighted by Crippen LogP contribution is 2.32. The average molecular weight is 283 g/mol. The molecule has 0 bridgehead atoms. The molecule has 0 radical (unpaired) electrons. The lowest BCUT2D eigenvalue weighted by molar-refractivity contribution is 0.421. The van der Waals surface area contributed by atoms with Gasteiger partial charge in [0.05, 0.1) is 10.6 Å².